The van der Waals surface area contributed by atoms with Crippen LogP contribution in [-0.4, -0.2) is 36.6 Å². The molecule has 0 saturated carbocycles. The van der Waals surface area contributed by atoms with Crippen LogP contribution in [0.1, 0.15) is 38.3 Å². The molecule has 0 spiro atoms. The lowest BCUT2D eigenvalue weighted by molar-refractivity contribution is 0.196. The molecule has 1 heterocycles. The van der Waals surface area contributed by atoms with Gasteiger partial charge in [-0.25, -0.2) is 4.79 Å². The fourth-order valence-corrected chi connectivity index (χ4v) is 2.68. The maximum absolute atomic E-state index is 12.0. The van der Waals surface area contributed by atoms with Gasteiger partial charge in [0.05, 0.1) is 0 Å². The largest absolute Gasteiger partial charge is 0.334 e. The van der Waals surface area contributed by atoms with Gasteiger partial charge in [0.1, 0.15) is 0 Å². The van der Waals surface area contributed by atoms with Crippen molar-refractivity contribution in [1.82, 2.24) is 10.2 Å². The number of rotatable bonds is 4. The van der Waals surface area contributed by atoms with E-state index in [4.69, 9.17) is 5.73 Å². The Bertz CT molecular complexity index is 458. The summed E-state index contributed by atoms with van der Waals surface area (Å²) in [4.78, 5) is 14.4. The molecule has 0 bridgehead atoms. The van der Waals surface area contributed by atoms with Gasteiger partial charge in [0.15, 0.2) is 0 Å². The highest BCUT2D eigenvalue weighted by Crippen LogP contribution is 2.14. The fourth-order valence-electron chi connectivity index (χ4n) is 2.68. The normalized spacial score (nSPS) is 20.8. The molecule has 2 unspecified atom stereocenters. The summed E-state index contributed by atoms with van der Waals surface area (Å²) >= 11 is 0. The molecule has 1 aliphatic rings. The topological polar surface area (TPSA) is 70.4 Å². The average molecular weight is 290 g/mol. The molecule has 21 heavy (non-hydrogen) atoms. The van der Waals surface area contributed by atoms with E-state index in [0.717, 1.165) is 43.7 Å². The van der Waals surface area contributed by atoms with Crippen LogP contribution >= 0.6 is 0 Å². The van der Waals surface area contributed by atoms with E-state index in [-0.39, 0.29) is 18.1 Å². The van der Waals surface area contributed by atoms with E-state index in [1.165, 1.54) is 0 Å². The summed E-state index contributed by atoms with van der Waals surface area (Å²) in [5.41, 5.74) is 7.66. The van der Waals surface area contributed by atoms with Gasteiger partial charge in [0, 0.05) is 24.3 Å². The van der Waals surface area contributed by atoms with Crippen LogP contribution in [-0.2, 0) is 0 Å². The van der Waals surface area contributed by atoms with Gasteiger partial charge in [-0.2, -0.15) is 0 Å². The maximum atomic E-state index is 12.0. The van der Waals surface area contributed by atoms with Crippen molar-refractivity contribution < 1.29 is 4.79 Å². The first-order chi connectivity index (χ1) is 10.1. The summed E-state index contributed by atoms with van der Waals surface area (Å²) in [7, 11) is 0. The van der Waals surface area contributed by atoms with Crippen LogP contribution in [0.3, 0.4) is 0 Å². The maximum Gasteiger partial charge on any atom is 0.319 e. The standard InChI is InChI=1S/C16H26N4O/c1-3-20-10-4-5-15(11-20)19-16(21)18-14-8-6-13(7-9-14)12(2)17/h6-9,12,15H,3-5,10-11,17H2,1-2H3,(H2,18,19,21). The quantitative estimate of drug-likeness (QED) is 0.797. The lowest BCUT2D eigenvalue weighted by Crippen LogP contribution is -2.48. The van der Waals surface area contributed by atoms with Crippen molar-refractivity contribution in [2.45, 2.75) is 38.8 Å². The van der Waals surface area contributed by atoms with Gasteiger partial charge in [-0.05, 0) is 50.6 Å². The third-order valence-electron chi connectivity index (χ3n) is 3.98. The molecule has 1 aromatic carbocycles. The molecular weight excluding hydrogens is 264 g/mol. The Kier molecular flexibility index (Phi) is 5.59. The Morgan fingerprint density at radius 2 is 2.14 bits per heavy atom. The van der Waals surface area contributed by atoms with E-state index in [0.29, 0.717) is 0 Å². The fraction of sp³-hybridized carbons (Fsp3) is 0.562. The summed E-state index contributed by atoms with van der Waals surface area (Å²) < 4.78 is 0. The van der Waals surface area contributed by atoms with Gasteiger partial charge in [0.25, 0.3) is 0 Å². The summed E-state index contributed by atoms with van der Waals surface area (Å²) in [5.74, 6) is 0. The van der Waals surface area contributed by atoms with Gasteiger partial charge in [0.2, 0.25) is 0 Å². The Balaban J connectivity index is 1.83. The number of hydrogen-bond acceptors (Lipinski definition) is 3. The van der Waals surface area contributed by atoms with E-state index in [1.54, 1.807) is 0 Å². The predicted octanol–water partition coefficient (Wildman–Crippen LogP) is 2.31. The minimum Gasteiger partial charge on any atom is -0.334 e. The lowest BCUT2D eigenvalue weighted by atomic mass is 10.1. The number of urea groups is 1. The molecule has 1 aromatic rings. The van der Waals surface area contributed by atoms with E-state index in [1.807, 2.05) is 31.2 Å². The van der Waals surface area contributed by atoms with Gasteiger partial charge in [-0.15, -0.1) is 0 Å². The zero-order valence-corrected chi connectivity index (χ0v) is 12.9. The number of carbonyl (C=O) groups is 1. The molecular formula is C16H26N4O. The molecule has 2 amide bonds. The van der Waals surface area contributed by atoms with Crippen molar-refractivity contribution in [3.63, 3.8) is 0 Å². The molecule has 0 aromatic heterocycles. The summed E-state index contributed by atoms with van der Waals surface area (Å²) in [6, 6.07) is 7.78. The van der Waals surface area contributed by atoms with Crippen molar-refractivity contribution >= 4 is 11.7 Å². The first-order valence-electron chi connectivity index (χ1n) is 7.74. The van der Waals surface area contributed by atoms with E-state index < -0.39 is 0 Å². The van der Waals surface area contributed by atoms with Crippen molar-refractivity contribution in [3.05, 3.63) is 29.8 Å². The number of likely N-dealkylation sites (tertiary alicyclic amines) is 1. The number of nitrogens with zero attached hydrogens (tertiary/aromatic N) is 1. The van der Waals surface area contributed by atoms with E-state index >= 15 is 0 Å². The number of benzene rings is 1. The van der Waals surface area contributed by atoms with E-state index in [9.17, 15) is 4.79 Å². The van der Waals surface area contributed by atoms with Gasteiger partial charge in [-0.1, -0.05) is 19.1 Å². The lowest BCUT2D eigenvalue weighted by Gasteiger charge is -2.32. The average Bonchev–Trinajstić information content (AvgIpc) is 2.47. The Hall–Kier alpha value is -1.59. The Labute approximate surface area is 126 Å². The second-order valence-corrected chi connectivity index (χ2v) is 5.74. The van der Waals surface area contributed by atoms with Crippen molar-refractivity contribution in [1.29, 1.82) is 0 Å². The molecule has 2 atom stereocenters. The van der Waals surface area contributed by atoms with Crippen LogP contribution in [0, 0.1) is 0 Å². The minimum absolute atomic E-state index is 0.00939. The molecule has 2 rings (SSSR count). The van der Waals surface area contributed by atoms with E-state index in [2.05, 4.69) is 22.5 Å². The number of nitrogens with one attached hydrogen (secondary N) is 2. The van der Waals surface area contributed by atoms with Crippen LogP contribution in [0.2, 0.25) is 0 Å². The number of nitrogens with two attached hydrogens (primary N) is 1. The number of amides is 2. The third kappa shape index (κ3) is 4.72. The first kappa shape index (κ1) is 15.8. The molecule has 0 radical (unpaired) electrons. The number of anilines is 1. The Morgan fingerprint density at radius 1 is 1.43 bits per heavy atom. The smallest absolute Gasteiger partial charge is 0.319 e. The van der Waals surface area contributed by atoms with Crippen LogP contribution in [0.5, 0.6) is 0 Å². The molecule has 1 fully saturated rings. The highest BCUT2D eigenvalue weighted by molar-refractivity contribution is 5.89. The number of hydrogen-bond donors (Lipinski definition) is 3. The number of piperidine rings is 1. The van der Waals surface area contributed by atoms with Crippen LogP contribution in [0.25, 0.3) is 0 Å². The highest BCUT2D eigenvalue weighted by Gasteiger charge is 2.20. The van der Waals surface area contributed by atoms with Crippen molar-refractivity contribution in [2.75, 3.05) is 25.0 Å². The summed E-state index contributed by atoms with van der Waals surface area (Å²) in [5, 5.41) is 5.93. The molecule has 1 saturated heterocycles. The van der Waals surface area contributed by atoms with Crippen LogP contribution in [0.4, 0.5) is 10.5 Å². The van der Waals surface area contributed by atoms with Gasteiger partial charge in [-0.3, -0.25) is 0 Å². The third-order valence-corrected chi connectivity index (χ3v) is 3.98. The highest BCUT2D eigenvalue weighted by atomic mass is 16.2. The van der Waals surface area contributed by atoms with Crippen LogP contribution < -0.4 is 16.4 Å². The summed E-state index contributed by atoms with van der Waals surface area (Å²) in [6.45, 7) is 7.21. The second kappa shape index (κ2) is 7.43. The van der Waals surface area contributed by atoms with Gasteiger partial charge >= 0.3 is 6.03 Å². The molecule has 5 nitrogen and oxygen atoms in total. The zero-order valence-electron chi connectivity index (χ0n) is 12.9. The first-order valence-corrected chi connectivity index (χ1v) is 7.74. The molecule has 1 aliphatic heterocycles. The molecule has 4 N–H and O–H groups in total. The monoisotopic (exact) mass is 290 g/mol. The Morgan fingerprint density at radius 3 is 2.76 bits per heavy atom. The summed E-state index contributed by atoms with van der Waals surface area (Å²) in [6.07, 6.45) is 2.19. The van der Waals surface area contributed by atoms with Crippen molar-refractivity contribution in [3.8, 4) is 0 Å². The number of carbonyl (C=O) groups excluding carboxylic acids is 1. The van der Waals surface area contributed by atoms with Gasteiger partial charge < -0.3 is 21.3 Å². The number of likely N-dealkylation sites (N-methyl/N-ethyl adjacent to an activating group) is 1. The predicted molar refractivity (Wildman–Crippen MR) is 86.3 cm³/mol. The van der Waals surface area contributed by atoms with Crippen LogP contribution in [0.15, 0.2) is 24.3 Å². The molecule has 5 heteroatoms. The molecule has 116 valence electrons. The zero-order chi connectivity index (χ0) is 15.2. The second-order valence-electron chi connectivity index (χ2n) is 5.74. The van der Waals surface area contributed by atoms with Crippen molar-refractivity contribution in [2.24, 2.45) is 5.73 Å². The molecule has 0 aliphatic carbocycles. The minimum atomic E-state index is -0.133. The SMILES string of the molecule is CCN1CCCC(NC(=O)Nc2ccc(C(C)N)cc2)C1.